The number of rotatable bonds is 9. The molecule has 0 saturated heterocycles. The Labute approximate surface area is 180 Å². The fourth-order valence-electron chi connectivity index (χ4n) is 2.95. The number of fused-ring (bicyclic) bond motifs is 1. The van der Waals surface area contributed by atoms with E-state index in [2.05, 4.69) is 42.5 Å². The van der Waals surface area contributed by atoms with Crippen molar-refractivity contribution in [1.29, 1.82) is 0 Å². The molecule has 5 nitrogen and oxygen atoms in total. The zero-order valence-corrected chi connectivity index (χ0v) is 19.2. The van der Waals surface area contributed by atoms with Gasteiger partial charge in [0.15, 0.2) is 5.96 Å². The molecule has 0 fully saturated rings. The van der Waals surface area contributed by atoms with Crippen molar-refractivity contribution in [3.05, 3.63) is 42.1 Å². The molecular weight excluding hydrogens is 451 g/mol. The molecule has 1 atom stereocenters. The van der Waals surface area contributed by atoms with Crippen LogP contribution >= 0.6 is 24.0 Å². The Morgan fingerprint density at radius 2 is 1.93 bits per heavy atom. The summed E-state index contributed by atoms with van der Waals surface area (Å²) in [7, 11) is 0. The second-order valence-corrected chi connectivity index (χ2v) is 6.64. The van der Waals surface area contributed by atoms with Gasteiger partial charge in [-0.1, -0.05) is 32.0 Å². The predicted molar refractivity (Wildman–Crippen MR) is 125 cm³/mol. The molecule has 6 heteroatoms. The number of ether oxygens (including phenoxy) is 1. The van der Waals surface area contributed by atoms with E-state index in [4.69, 9.17) is 9.73 Å². The molecule has 0 aliphatic heterocycles. The van der Waals surface area contributed by atoms with E-state index in [1.54, 1.807) is 0 Å². The van der Waals surface area contributed by atoms with Crippen molar-refractivity contribution >= 4 is 40.8 Å². The number of para-hydroxylation sites is 1. The summed E-state index contributed by atoms with van der Waals surface area (Å²) in [5.74, 6) is 1.35. The summed E-state index contributed by atoms with van der Waals surface area (Å²) in [6, 6.07) is 10.2. The number of halogens is 1. The van der Waals surface area contributed by atoms with E-state index in [0.29, 0.717) is 12.5 Å². The molecule has 2 N–H and O–H groups in total. The van der Waals surface area contributed by atoms with Crippen LogP contribution in [0.4, 0.5) is 0 Å². The van der Waals surface area contributed by atoms with E-state index in [0.717, 1.165) is 43.0 Å². The summed E-state index contributed by atoms with van der Waals surface area (Å²) in [5, 5.41) is 7.90. The number of nitrogens with one attached hydrogen (secondary N) is 2. The van der Waals surface area contributed by atoms with Crippen LogP contribution in [0.3, 0.4) is 0 Å². The average Bonchev–Trinajstić information content (AvgIpc) is 2.65. The summed E-state index contributed by atoms with van der Waals surface area (Å²) in [6.45, 7) is 11.6. The zero-order chi connectivity index (χ0) is 18.8. The maximum absolute atomic E-state index is 5.82. The molecule has 27 heavy (non-hydrogen) atoms. The van der Waals surface area contributed by atoms with Crippen molar-refractivity contribution in [3.63, 3.8) is 0 Å². The van der Waals surface area contributed by atoms with Gasteiger partial charge >= 0.3 is 0 Å². The minimum Gasteiger partial charge on any atom is -0.378 e. The van der Waals surface area contributed by atoms with Gasteiger partial charge in [-0.3, -0.25) is 4.98 Å². The molecule has 2 rings (SSSR count). The maximum atomic E-state index is 5.82. The van der Waals surface area contributed by atoms with Crippen LogP contribution < -0.4 is 10.6 Å². The molecule has 0 radical (unpaired) electrons. The van der Waals surface area contributed by atoms with Crippen LogP contribution in [0.2, 0.25) is 0 Å². The Hall–Kier alpha value is -1.41. The number of hydrogen-bond donors (Lipinski definition) is 2. The van der Waals surface area contributed by atoms with Crippen LogP contribution in [0.25, 0.3) is 10.9 Å². The molecule has 0 amide bonds. The monoisotopic (exact) mass is 484 g/mol. The Morgan fingerprint density at radius 3 is 2.63 bits per heavy atom. The quantitative estimate of drug-likeness (QED) is 0.316. The van der Waals surface area contributed by atoms with Crippen LogP contribution in [-0.4, -0.2) is 36.7 Å². The second-order valence-electron chi connectivity index (χ2n) is 6.64. The largest absolute Gasteiger partial charge is 0.378 e. The molecule has 0 saturated carbocycles. The van der Waals surface area contributed by atoms with Gasteiger partial charge in [0.25, 0.3) is 0 Å². The smallest absolute Gasteiger partial charge is 0.191 e. The molecule has 1 aromatic heterocycles. The second kappa shape index (κ2) is 12.9. The maximum Gasteiger partial charge on any atom is 0.191 e. The molecule has 150 valence electrons. The summed E-state index contributed by atoms with van der Waals surface area (Å²) >= 11 is 0. The molecule has 0 aliphatic rings. The number of guanidine groups is 1. The van der Waals surface area contributed by atoms with E-state index in [9.17, 15) is 0 Å². The lowest BCUT2D eigenvalue weighted by Crippen LogP contribution is -2.39. The lowest BCUT2D eigenvalue weighted by Gasteiger charge is -2.21. The molecule has 1 aromatic carbocycles. The van der Waals surface area contributed by atoms with Gasteiger partial charge in [0.05, 0.1) is 18.2 Å². The number of pyridine rings is 1. The van der Waals surface area contributed by atoms with Crippen molar-refractivity contribution in [3.8, 4) is 0 Å². The molecule has 0 bridgehead atoms. The Balaban J connectivity index is 0.00000364. The number of nitrogens with zero attached hydrogens (tertiary/aromatic N) is 2. The first-order chi connectivity index (χ1) is 12.7. The minimum absolute atomic E-state index is 0. The van der Waals surface area contributed by atoms with Crippen LogP contribution in [0.1, 0.15) is 39.7 Å². The van der Waals surface area contributed by atoms with Crippen LogP contribution in [0.5, 0.6) is 0 Å². The SMILES string of the molecule is CCNC(=NCc1ccnc2ccccc12)NCCC(OCC)C(C)C.I. The van der Waals surface area contributed by atoms with Crippen molar-refractivity contribution in [2.45, 2.75) is 46.8 Å². The highest BCUT2D eigenvalue weighted by atomic mass is 127. The summed E-state index contributed by atoms with van der Waals surface area (Å²) in [6.07, 6.45) is 3.09. The molecular formula is C21H33IN4O. The van der Waals surface area contributed by atoms with Gasteiger partial charge in [0, 0.05) is 31.3 Å². The van der Waals surface area contributed by atoms with Crippen LogP contribution in [-0.2, 0) is 11.3 Å². The minimum atomic E-state index is 0. The van der Waals surface area contributed by atoms with Crippen molar-refractivity contribution < 1.29 is 4.74 Å². The van der Waals surface area contributed by atoms with Gasteiger partial charge < -0.3 is 15.4 Å². The lowest BCUT2D eigenvalue weighted by molar-refractivity contribution is 0.0258. The highest BCUT2D eigenvalue weighted by molar-refractivity contribution is 14.0. The van der Waals surface area contributed by atoms with E-state index in [-0.39, 0.29) is 30.1 Å². The Bertz CT molecular complexity index is 700. The Morgan fingerprint density at radius 1 is 1.15 bits per heavy atom. The number of aromatic nitrogens is 1. The molecule has 2 aromatic rings. The number of aliphatic imine (C=N–C) groups is 1. The van der Waals surface area contributed by atoms with Crippen molar-refractivity contribution in [1.82, 2.24) is 15.6 Å². The normalized spacial score (nSPS) is 12.7. The van der Waals surface area contributed by atoms with Gasteiger partial charge in [0.2, 0.25) is 0 Å². The first-order valence-corrected chi connectivity index (χ1v) is 9.62. The standard InChI is InChI=1S/C21H32N4O.HI/c1-5-22-21(24-14-12-20(16(3)4)26-6-2)25-15-17-11-13-23-19-10-8-7-9-18(17)19;/h7-11,13,16,20H,5-6,12,14-15H2,1-4H3,(H2,22,24,25);1H. The average molecular weight is 484 g/mol. The fourth-order valence-corrected chi connectivity index (χ4v) is 2.95. The summed E-state index contributed by atoms with van der Waals surface area (Å²) in [4.78, 5) is 9.16. The van der Waals surface area contributed by atoms with Gasteiger partial charge in [-0.2, -0.15) is 0 Å². The van der Waals surface area contributed by atoms with Crippen LogP contribution in [0, 0.1) is 5.92 Å². The van der Waals surface area contributed by atoms with E-state index < -0.39 is 0 Å². The third-order valence-electron chi connectivity index (χ3n) is 4.34. The third kappa shape index (κ3) is 7.62. The topological polar surface area (TPSA) is 58.5 Å². The van der Waals surface area contributed by atoms with E-state index >= 15 is 0 Å². The first-order valence-electron chi connectivity index (χ1n) is 9.62. The Kier molecular flexibility index (Phi) is 11.3. The predicted octanol–water partition coefficient (Wildman–Crippen LogP) is 4.36. The fraction of sp³-hybridized carbons (Fsp3) is 0.524. The lowest BCUT2D eigenvalue weighted by atomic mass is 10.0. The summed E-state index contributed by atoms with van der Waals surface area (Å²) in [5.41, 5.74) is 2.19. The highest BCUT2D eigenvalue weighted by Gasteiger charge is 2.13. The highest BCUT2D eigenvalue weighted by Crippen LogP contribution is 2.16. The van der Waals surface area contributed by atoms with Crippen LogP contribution in [0.15, 0.2) is 41.5 Å². The number of hydrogen-bond acceptors (Lipinski definition) is 3. The summed E-state index contributed by atoms with van der Waals surface area (Å²) < 4.78 is 5.82. The van der Waals surface area contributed by atoms with E-state index in [1.807, 2.05) is 37.4 Å². The van der Waals surface area contributed by atoms with Gasteiger partial charge in [-0.15, -0.1) is 24.0 Å². The molecule has 0 aliphatic carbocycles. The zero-order valence-electron chi connectivity index (χ0n) is 16.9. The first kappa shape index (κ1) is 23.6. The molecule has 1 unspecified atom stereocenters. The van der Waals surface area contributed by atoms with E-state index in [1.165, 1.54) is 5.56 Å². The van der Waals surface area contributed by atoms with Crippen molar-refractivity contribution in [2.75, 3.05) is 19.7 Å². The number of benzene rings is 1. The van der Waals surface area contributed by atoms with Gasteiger partial charge in [-0.25, -0.2) is 4.99 Å². The van der Waals surface area contributed by atoms with Crippen molar-refractivity contribution in [2.24, 2.45) is 10.9 Å². The third-order valence-corrected chi connectivity index (χ3v) is 4.34. The van der Waals surface area contributed by atoms with Gasteiger partial charge in [0.1, 0.15) is 0 Å². The molecule has 1 heterocycles. The molecule has 0 spiro atoms. The van der Waals surface area contributed by atoms with Gasteiger partial charge in [-0.05, 0) is 43.9 Å².